The van der Waals surface area contributed by atoms with Crippen molar-refractivity contribution in [3.63, 3.8) is 0 Å². The summed E-state index contributed by atoms with van der Waals surface area (Å²) in [4.78, 5) is 12.4. The Hall–Kier alpha value is -2.69. The molecule has 0 spiro atoms. The second kappa shape index (κ2) is 4.89. The number of rotatable bonds is 3. The zero-order valence-corrected chi connectivity index (χ0v) is 10.3. The average Bonchev–Trinajstić information content (AvgIpc) is 2.88. The highest BCUT2D eigenvalue weighted by molar-refractivity contribution is 5.70. The van der Waals surface area contributed by atoms with E-state index in [1.807, 2.05) is 35.0 Å². The molecule has 0 aliphatic rings. The molecule has 0 atom stereocenters. The third-order valence-corrected chi connectivity index (χ3v) is 2.90. The quantitative estimate of drug-likeness (QED) is 0.772. The number of anilines is 1. The number of pyridine rings is 2. The summed E-state index contributed by atoms with van der Waals surface area (Å²) < 4.78 is 2.03. The van der Waals surface area contributed by atoms with Gasteiger partial charge in [-0.15, -0.1) is 0 Å². The van der Waals surface area contributed by atoms with E-state index in [0.29, 0.717) is 12.4 Å². The topological polar surface area (TPSA) is 69.6 Å². The molecule has 5 nitrogen and oxygen atoms in total. The Kier molecular flexibility index (Phi) is 2.94. The lowest BCUT2D eigenvalue weighted by Crippen LogP contribution is -2.02. The Labute approximate surface area is 110 Å². The third-order valence-electron chi connectivity index (χ3n) is 2.90. The highest BCUT2D eigenvalue weighted by Crippen LogP contribution is 2.23. The molecular formula is C14H13N5. The molecule has 0 fully saturated rings. The zero-order valence-electron chi connectivity index (χ0n) is 10.3. The molecule has 3 rings (SSSR count). The van der Waals surface area contributed by atoms with Gasteiger partial charge in [0.05, 0.1) is 24.8 Å². The van der Waals surface area contributed by atoms with Crippen molar-refractivity contribution < 1.29 is 0 Å². The Morgan fingerprint density at radius 2 is 1.95 bits per heavy atom. The van der Waals surface area contributed by atoms with Crippen LogP contribution in [0.4, 0.5) is 5.82 Å². The van der Waals surface area contributed by atoms with Gasteiger partial charge in [-0.2, -0.15) is 0 Å². The second-order valence-electron chi connectivity index (χ2n) is 4.20. The summed E-state index contributed by atoms with van der Waals surface area (Å²) in [5.74, 6) is 0.510. The van der Waals surface area contributed by atoms with Crippen molar-refractivity contribution in [2.24, 2.45) is 0 Å². The third kappa shape index (κ3) is 2.30. The first kappa shape index (κ1) is 11.4. The summed E-state index contributed by atoms with van der Waals surface area (Å²) in [5, 5.41) is 0. The van der Waals surface area contributed by atoms with E-state index in [1.165, 1.54) is 0 Å². The van der Waals surface area contributed by atoms with Crippen LogP contribution in [0.5, 0.6) is 0 Å². The van der Waals surface area contributed by atoms with Gasteiger partial charge in [-0.1, -0.05) is 6.07 Å². The van der Waals surface area contributed by atoms with Gasteiger partial charge >= 0.3 is 0 Å². The van der Waals surface area contributed by atoms with E-state index < -0.39 is 0 Å². The minimum Gasteiger partial charge on any atom is -0.383 e. The van der Waals surface area contributed by atoms with Gasteiger partial charge in [0, 0.05) is 24.2 Å². The van der Waals surface area contributed by atoms with Crippen LogP contribution >= 0.6 is 0 Å². The molecule has 5 heteroatoms. The predicted octanol–water partition coefficient (Wildman–Crippen LogP) is 1.97. The maximum Gasteiger partial charge on any atom is 0.132 e. The van der Waals surface area contributed by atoms with Gasteiger partial charge in [-0.3, -0.25) is 4.98 Å². The molecule has 0 radical (unpaired) electrons. The normalized spacial score (nSPS) is 10.5. The maximum absolute atomic E-state index is 5.91. The first-order chi connectivity index (χ1) is 9.34. The maximum atomic E-state index is 5.91. The van der Waals surface area contributed by atoms with Gasteiger partial charge in [-0.25, -0.2) is 9.97 Å². The Balaban J connectivity index is 1.98. The van der Waals surface area contributed by atoms with Crippen molar-refractivity contribution in [1.82, 2.24) is 19.5 Å². The largest absolute Gasteiger partial charge is 0.383 e. The van der Waals surface area contributed by atoms with E-state index in [0.717, 1.165) is 16.8 Å². The van der Waals surface area contributed by atoms with Gasteiger partial charge in [0.2, 0.25) is 0 Å². The summed E-state index contributed by atoms with van der Waals surface area (Å²) in [7, 11) is 0. The van der Waals surface area contributed by atoms with Gasteiger partial charge in [-0.05, 0) is 23.8 Å². The Morgan fingerprint density at radius 1 is 1.05 bits per heavy atom. The summed E-state index contributed by atoms with van der Waals surface area (Å²) >= 11 is 0. The second-order valence-corrected chi connectivity index (χ2v) is 4.20. The van der Waals surface area contributed by atoms with Crippen LogP contribution in [0.1, 0.15) is 5.56 Å². The molecule has 0 bridgehead atoms. The molecular weight excluding hydrogens is 238 g/mol. The number of aromatic nitrogens is 4. The molecule has 94 valence electrons. The molecule has 3 aromatic rings. The first-order valence-electron chi connectivity index (χ1n) is 5.94. The van der Waals surface area contributed by atoms with E-state index >= 15 is 0 Å². The monoisotopic (exact) mass is 251 g/mol. The van der Waals surface area contributed by atoms with E-state index in [1.54, 1.807) is 24.9 Å². The van der Waals surface area contributed by atoms with Crippen molar-refractivity contribution in [2.75, 3.05) is 5.73 Å². The van der Waals surface area contributed by atoms with Crippen LogP contribution in [0.3, 0.4) is 0 Å². The van der Waals surface area contributed by atoms with Crippen LogP contribution in [-0.4, -0.2) is 19.5 Å². The molecule has 0 aromatic carbocycles. The van der Waals surface area contributed by atoms with Crippen molar-refractivity contribution in [2.45, 2.75) is 6.54 Å². The highest BCUT2D eigenvalue weighted by Gasteiger charge is 2.09. The lowest BCUT2D eigenvalue weighted by atomic mass is 10.2. The fourth-order valence-electron chi connectivity index (χ4n) is 1.99. The van der Waals surface area contributed by atoms with E-state index in [9.17, 15) is 0 Å². The van der Waals surface area contributed by atoms with Gasteiger partial charge < -0.3 is 10.3 Å². The van der Waals surface area contributed by atoms with Crippen LogP contribution in [0, 0.1) is 0 Å². The number of nitrogens with zero attached hydrogens (tertiary/aromatic N) is 4. The number of imidazole rings is 1. The standard InChI is InChI=1S/C14H13N5/c15-14-12(4-2-6-18-14)13-8-17-10-19(13)9-11-3-1-5-16-7-11/h1-8,10H,9H2,(H2,15,18). The van der Waals surface area contributed by atoms with Crippen LogP contribution < -0.4 is 5.73 Å². The number of nitrogens with two attached hydrogens (primary N) is 1. The fraction of sp³-hybridized carbons (Fsp3) is 0.0714. The van der Waals surface area contributed by atoms with Gasteiger partial charge in [0.1, 0.15) is 5.82 Å². The molecule has 0 saturated heterocycles. The minimum absolute atomic E-state index is 0.510. The van der Waals surface area contributed by atoms with Gasteiger partial charge in [0.25, 0.3) is 0 Å². The summed E-state index contributed by atoms with van der Waals surface area (Å²) in [5.41, 5.74) is 8.87. The summed E-state index contributed by atoms with van der Waals surface area (Å²) in [6, 6.07) is 7.76. The van der Waals surface area contributed by atoms with Crippen LogP contribution in [0.15, 0.2) is 55.4 Å². The Bertz CT molecular complexity index is 675. The zero-order chi connectivity index (χ0) is 13.1. The van der Waals surface area contributed by atoms with E-state index in [2.05, 4.69) is 15.0 Å². The summed E-state index contributed by atoms with van der Waals surface area (Å²) in [6.45, 7) is 0.706. The first-order valence-corrected chi connectivity index (χ1v) is 5.94. The number of hydrogen-bond acceptors (Lipinski definition) is 4. The molecule has 0 aliphatic carbocycles. The predicted molar refractivity (Wildman–Crippen MR) is 73.2 cm³/mol. The van der Waals surface area contributed by atoms with E-state index in [-0.39, 0.29) is 0 Å². The lowest BCUT2D eigenvalue weighted by molar-refractivity contribution is 0.800. The SMILES string of the molecule is Nc1ncccc1-c1cncn1Cc1cccnc1. The van der Waals surface area contributed by atoms with Crippen molar-refractivity contribution >= 4 is 5.82 Å². The number of hydrogen-bond donors (Lipinski definition) is 1. The molecule has 2 N–H and O–H groups in total. The minimum atomic E-state index is 0.510. The average molecular weight is 251 g/mol. The molecule has 0 unspecified atom stereocenters. The lowest BCUT2D eigenvalue weighted by Gasteiger charge is -2.09. The van der Waals surface area contributed by atoms with Crippen molar-refractivity contribution in [3.05, 3.63) is 60.9 Å². The van der Waals surface area contributed by atoms with Crippen LogP contribution in [0.25, 0.3) is 11.3 Å². The van der Waals surface area contributed by atoms with Crippen molar-refractivity contribution in [1.29, 1.82) is 0 Å². The Morgan fingerprint density at radius 3 is 2.74 bits per heavy atom. The molecule has 0 aliphatic heterocycles. The van der Waals surface area contributed by atoms with E-state index in [4.69, 9.17) is 5.73 Å². The van der Waals surface area contributed by atoms with Crippen molar-refractivity contribution in [3.8, 4) is 11.3 Å². The molecule has 0 saturated carbocycles. The van der Waals surface area contributed by atoms with Crippen LogP contribution in [-0.2, 0) is 6.54 Å². The molecule has 3 heterocycles. The molecule has 3 aromatic heterocycles. The van der Waals surface area contributed by atoms with Crippen LogP contribution in [0.2, 0.25) is 0 Å². The van der Waals surface area contributed by atoms with Gasteiger partial charge in [0.15, 0.2) is 0 Å². The molecule has 19 heavy (non-hydrogen) atoms. The number of nitrogen functional groups attached to an aromatic ring is 1. The summed E-state index contributed by atoms with van der Waals surface area (Å²) in [6.07, 6.45) is 8.87. The smallest absolute Gasteiger partial charge is 0.132 e. The highest BCUT2D eigenvalue weighted by atomic mass is 15.0. The fourth-order valence-corrected chi connectivity index (χ4v) is 1.99. The molecule has 0 amide bonds.